The normalized spacial score (nSPS) is 14.2. The summed E-state index contributed by atoms with van der Waals surface area (Å²) in [5.74, 6) is -0.300. The van der Waals surface area contributed by atoms with E-state index >= 15 is 0 Å². The van der Waals surface area contributed by atoms with Gasteiger partial charge in [0.1, 0.15) is 0 Å². The van der Waals surface area contributed by atoms with Crippen molar-refractivity contribution in [2.75, 3.05) is 24.7 Å². The Balaban J connectivity index is 1.82. The first-order valence-corrected chi connectivity index (χ1v) is 9.83. The van der Waals surface area contributed by atoms with Gasteiger partial charge in [-0.15, -0.1) is 0 Å². The Morgan fingerprint density at radius 3 is 2.39 bits per heavy atom. The highest BCUT2D eigenvalue weighted by atomic mass is 16.6. The lowest BCUT2D eigenvalue weighted by Crippen LogP contribution is -2.11. The van der Waals surface area contributed by atoms with Gasteiger partial charge in [-0.05, 0) is 43.4 Å². The Morgan fingerprint density at radius 2 is 1.74 bits per heavy atom. The lowest BCUT2D eigenvalue weighted by molar-refractivity contribution is -0.384. The maximum absolute atomic E-state index is 12.9. The van der Waals surface area contributed by atoms with Gasteiger partial charge in [-0.25, -0.2) is 0 Å². The number of carbonyl (C=O) groups excluding carboxylic acids is 1. The summed E-state index contributed by atoms with van der Waals surface area (Å²) in [5.41, 5.74) is 4.78. The lowest BCUT2D eigenvalue weighted by Gasteiger charge is -2.16. The maximum atomic E-state index is 12.9. The molecule has 1 aliphatic heterocycles. The predicted molar refractivity (Wildman–Crippen MR) is 122 cm³/mol. The number of nitrogens with zero attached hydrogens (tertiary/aromatic N) is 2. The fraction of sp³-hybridized carbons (Fsp3) is 0.125. The van der Waals surface area contributed by atoms with Crippen molar-refractivity contribution in [3.63, 3.8) is 0 Å². The van der Waals surface area contributed by atoms with Crippen LogP contribution in [0.25, 0.3) is 11.3 Å². The zero-order valence-corrected chi connectivity index (χ0v) is 17.3. The molecule has 3 aromatic carbocycles. The summed E-state index contributed by atoms with van der Waals surface area (Å²) in [4.78, 5) is 25.8. The van der Waals surface area contributed by atoms with E-state index in [4.69, 9.17) is 0 Å². The molecule has 0 radical (unpaired) electrons. The zero-order valence-electron chi connectivity index (χ0n) is 17.3. The van der Waals surface area contributed by atoms with E-state index in [1.54, 1.807) is 6.07 Å². The molecule has 0 saturated carbocycles. The Bertz CT molecular complexity index is 1170. The molecule has 0 fully saturated rings. The number of nitro benzene ring substituents is 1. The lowest BCUT2D eigenvalue weighted by atomic mass is 9.99. The predicted octanol–water partition coefficient (Wildman–Crippen LogP) is 4.59. The number of hydrogen-bond donors (Lipinski definition) is 2. The van der Waals surface area contributed by atoms with Gasteiger partial charge in [0, 0.05) is 35.6 Å². The number of anilines is 2. The summed E-state index contributed by atoms with van der Waals surface area (Å²) >= 11 is 0. The minimum atomic E-state index is -0.459. The molecule has 4 rings (SSSR count). The van der Waals surface area contributed by atoms with Crippen LogP contribution in [0.5, 0.6) is 0 Å². The molecule has 7 heteroatoms. The fourth-order valence-corrected chi connectivity index (χ4v) is 3.60. The minimum Gasteiger partial charge on any atom is -0.354 e. The van der Waals surface area contributed by atoms with Crippen LogP contribution in [-0.4, -0.2) is 29.8 Å². The average molecular weight is 414 g/mol. The molecule has 7 nitrogen and oxygen atoms in total. The largest absolute Gasteiger partial charge is 0.354 e. The van der Waals surface area contributed by atoms with Crippen LogP contribution in [0.15, 0.2) is 72.8 Å². The summed E-state index contributed by atoms with van der Waals surface area (Å²) < 4.78 is 0. The van der Waals surface area contributed by atoms with Gasteiger partial charge in [0.05, 0.1) is 16.2 Å². The zero-order chi connectivity index (χ0) is 22.0. The van der Waals surface area contributed by atoms with Crippen molar-refractivity contribution in [1.29, 1.82) is 0 Å². The molecule has 31 heavy (non-hydrogen) atoms. The van der Waals surface area contributed by atoms with E-state index in [0.717, 1.165) is 17.8 Å². The van der Waals surface area contributed by atoms with Gasteiger partial charge >= 0.3 is 0 Å². The number of fused-ring (bicyclic) bond motifs is 1. The van der Waals surface area contributed by atoms with Crippen molar-refractivity contribution in [2.45, 2.75) is 6.54 Å². The molecule has 3 aromatic rings. The third-order valence-corrected chi connectivity index (χ3v) is 4.99. The Labute approximate surface area is 180 Å². The van der Waals surface area contributed by atoms with Crippen LogP contribution in [-0.2, 0) is 11.3 Å². The molecule has 1 amide bonds. The Kier molecular flexibility index (Phi) is 5.51. The first-order valence-electron chi connectivity index (χ1n) is 9.83. The number of rotatable bonds is 6. The summed E-state index contributed by atoms with van der Waals surface area (Å²) in [6.07, 6.45) is 0. The average Bonchev–Trinajstić information content (AvgIpc) is 3.08. The highest BCUT2D eigenvalue weighted by Gasteiger charge is 2.30. The first kappa shape index (κ1) is 20.3. The van der Waals surface area contributed by atoms with Crippen molar-refractivity contribution < 1.29 is 9.72 Å². The molecule has 0 unspecified atom stereocenters. The quantitative estimate of drug-likeness (QED) is 0.350. The van der Waals surface area contributed by atoms with Gasteiger partial charge in [-0.3, -0.25) is 14.9 Å². The second-order valence-corrected chi connectivity index (χ2v) is 7.62. The van der Waals surface area contributed by atoms with Crippen LogP contribution in [0.2, 0.25) is 0 Å². The highest BCUT2D eigenvalue weighted by molar-refractivity contribution is 6.37. The number of carbonyl (C=O) groups is 1. The molecule has 0 saturated heterocycles. The number of non-ortho nitro benzene ring substituents is 1. The van der Waals surface area contributed by atoms with Crippen molar-refractivity contribution >= 4 is 34.2 Å². The van der Waals surface area contributed by atoms with E-state index in [1.165, 1.54) is 17.7 Å². The minimum absolute atomic E-state index is 0.0619. The van der Waals surface area contributed by atoms with E-state index in [0.29, 0.717) is 22.5 Å². The van der Waals surface area contributed by atoms with Gasteiger partial charge < -0.3 is 15.5 Å². The summed E-state index contributed by atoms with van der Waals surface area (Å²) in [6.45, 7) is 0.826. The van der Waals surface area contributed by atoms with E-state index in [1.807, 2.05) is 68.7 Å². The number of amides is 1. The van der Waals surface area contributed by atoms with E-state index < -0.39 is 4.92 Å². The molecule has 2 N–H and O–H groups in total. The van der Waals surface area contributed by atoms with Gasteiger partial charge in [0.2, 0.25) is 0 Å². The molecule has 0 aliphatic carbocycles. The van der Waals surface area contributed by atoms with Gasteiger partial charge in [-0.2, -0.15) is 0 Å². The molecule has 0 atom stereocenters. The third-order valence-electron chi connectivity index (χ3n) is 4.99. The van der Waals surface area contributed by atoms with Gasteiger partial charge in [0.25, 0.3) is 11.6 Å². The first-order chi connectivity index (χ1) is 14.9. The maximum Gasteiger partial charge on any atom is 0.270 e. The van der Waals surface area contributed by atoms with Crippen LogP contribution in [0.1, 0.15) is 16.7 Å². The molecule has 1 heterocycles. The second-order valence-electron chi connectivity index (χ2n) is 7.62. The van der Waals surface area contributed by atoms with Crippen LogP contribution in [0.4, 0.5) is 17.1 Å². The van der Waals surface area contributed by atoms with Crippen LogP contribution < -0.4 is 10.6 Å². The molecule has 0 bridgehead atoms. The SMILES string of the molecule is CN(C)Cc1ccc(N/C(=C2\C(=O)Nc3ccc([N+](=O)[O-])cc32)c2ccccc2)cc1. The number of hydrogen-bond acceptors (Lipinski definition) is 5. The van der Waals surface area contributed by atoms with Gasteiger partial charge in [0.15, 0.2) is 0 Å². The molecule has 1 aliphatic rings. The number of nitro groups is 1. The standard InChI is InChI=1S/C24H22N4O3/c1-27(2)15-16-8-10-18(11-9-16)25-23(17-6-4-3-5-7-17)22-20-14-19(28(30)31)12-13-21(20)26-24(22)29/h3-14,25H,15H2,1-2H3,(H,26,29)/b23-22-. The van der Waals surface area contributed by atoms with Crippen LogP contribution >= 0.6 is 0 Å². The third kappa shape index (κ3) is 4.31. The molecule has 156 valence electrons. The van der Waals surface area contributed by atoms with Crippen molar-refractivity contribution in [3.8, 4) is 0 Å². The van der Waals surface area contributed by atoms with Crippen molar-refractivity contribution in [2.24, 2.45) is 0 Å². The second kappa shape index (κ2) is 8.41. The van der Waals surface area contributed by atoms with Gasteiger partial charge in [-0.1, -0.05) is 42.5 Å². The topological polar surface area (TPSA) is 87.5 Å². The summed E-state index contributed by atoms with van der Waals surface area (Å²) in [5, 5.41) is 17.5. The Hall–Kier alpha value is -3.97. The molecule has 0 aromatic heterocycles. The van der Waals surface area contributed by atoms with E-state index in [2.05, 4.69) is 15.5 Å². The summed E-state index contributed by atoms with van der Waals surface area (Å²) in [6, 6.07) is 21.9. The Morgan fingerprint density at radius 1 is 1.03 bits per heavy atom. The summed E-state index contributed by atoms with van der Waals surface area (Å²) in [7, 11) is 4.03. The monoisotopic (exact) mass is 414 g/mol. The molecule has 0 spiro atoms. The fourth-order valence-electron chi connectivity index (χ4n) is 3.60. The van der Waals surface area contributed by atoms with E-state index in [9.17, 15) is 14.9 Å². The van der Waals surface area contributed by atoms with Crippen LogP contribution in [0, 0.1) is 10.1 Å². The van der Waals surface area contributed by atoms with Crippen molar-refractivity contribution in [3.05, 3.63) is 99.6 Å². The molecular weight excluding hydrogens is 392 g/mol. The van der Waals surface area contributed by atoms with E-state index in [-0.39, 0.29) is 11.6 Å². The molecular formula is C24H22N4O3. The van der Waals surface area contributed by atoms with Crippen LogP contribution in [0.3, 0.4) is 0 Å². The smallest absolute Gasteiger partial charge is 0.270 e. The number of benzene rings is 3. The number of nitrogens with one attached hydrogen (secondary N) is 2. The highest BCUT2D eigenvalue weighted by Crippen LogP contribution is 2.39. The van der Waals surface area contributed by atoms with Crippen molar-refractivity contribution in [1.82, 2.24) is 4.90 Å².